The van der Waals surface area contributed by atoms with E-state index in [4.69, 9.17) is 24.3 Å². The number of amides is 1. The average Bonchev–Trinajstić information content (AvgIpc) is 3.39. The van der Waals surface area contributed by atoms with Crippen LogP contribution < -0.4 is 15.6 Å². The van der Waals surface area contributed by atoms with Gasteiger partial charge in [0.2, 0.25) is 5.90 Å². The van der Waals surface area contributed by atoms with Gasteiger partial charge in [-0.1, -0.05) is 64.5 Å². The molecule has 0 spiro atoms. The molecule has 0 aromatic heterocycles. The van der Waals surface area contributed by atoms with Crippen molar-refractivity contribution in [2.24, 2.45) is 4.99 Å². The van der Waals surface area contributed by atoms with Crippen LogP contribution in [-0.2, 0) is 25.5 Å². The summed E-state index contributed by atoms with van der Waals surface area (Å²) in [4.78, 5) is 32.0. The molecule has 0 unspecified atom stereocenters. The third kappa shape index (κ3) is 8.90. The maximum Gasteiger partial charge on any atom is 0.306 e. The number of hydrogen-bond acceptors (Lipinski definition) is 8. The van der Waals surface area contributed by atoms with E-state index in [-0.39, 0.29) is 25.3 Å². The quantitative estimate of drug-likeness (QED) is 0.119. The highest BCUT2D eigenvalue weighted by Gasteiger charge is 2.54. The first-order valence-electron chi connectivity index (χ1n) is 14.8. The number of aliphatic imine (C=N–C) groups is 1. The molecule has 0 bridgehead atoms. The molecule has 1 heterocycles. The number of hydrazine groups is 1. The highest BCUT2D eigenvalue weighted by atomic mass is 79.9. The Kier molecular flexibility index (Phi) is 11.5. The van der Waals surface area contributed by atoms with Gasteiger partial charge in [0.15, 0.2) is 11.6 Å². The number of halogens is 1. The molecular weight excluding hydrogens is 626 g/mol. The van der Waals surface area contributed by atoms with E-state index in [1.807, 2.05) is 66.7 Å². The van der Waals surface area contributed by atoms with Crippen molar-refractivity contribution in [3.8, 4) is 5.75 Å². The van der Waals surface area contributed by atoms with Crippen LogP contribution in [-0.4, -0.2) is 53.8 Å². The Morgan fingerprint density at radius 1 is 1.02 bits per heavy atom. The van der Waals surface area contributed by atoms with E-state index in [0.717, 1.165) is 15.6 Å². The van der Waals surface area contributed by atoms with Crippen molar-refractivity contribution >= 4 is 33.7 Å². The highest BCUT2D eigenvalue weighted by Crippen LogP contribution is 2.45. The lowest BCUT2D eigenvalue weighted by molar-refractivity contribution is -0.155. The number of carbonyl (C=O) groups excluding carboxylic acids is 2. The van der Waals surface area contributed by atoms with E-state index in [9.17, 15) is 9.59 Å². The van der Waals surface area contributed by atoms with Crippen molar-refractivity contribution in [1.29, 1.82) is 0 Å². The molecule has 0 fully saturated rings. The van der Waals surface area contributed by atoms with Crippen molar-refractivity contribution < 1.29 is 28.9 Å². The van der Waals surface area contributed by atoms with Gasteiger partial charge in [-0.15, -0.1) is 0 Å². The molecular formula is C34H40BrN3O6. The number of rotatable bonds is 14. The lowest BCUT2D eigenvalue weighted by Gasteiger charge is -2.31. The van der Waals surface area contributed by atoms with Gasteiger partial charge in [-0.2, -0.15) is 0 Å². The second-order valence-electron chi connectivity index (χ2n) is 11.5. The molecule has 0 saturated heterocycles. The third-order valence-corrected chi connectivity index (χ3v) is 7.65. The van der Waals surface area contributed by atoms with Crippen LogP contribution in [0, 0.1) is 0 Å². The number of aliphatic hydroxyl groups excluding tert-OH is 1. The summed E-state index contributed by atoms with van der Waals surface area (Å²) in [5.41, 5.74) is 6.24. The van der Waals surface area contributed by atoms with Crippen molar-refractivity contribution in [3.63, 3.8) is 0 Å². The van der Waals surface area contributed by atoms with Crippen LogP contribution in [0.5, 0.6) is 5.75 Å². The summed E-state index contributed by atoms with van der Waals surface area (Å²) in [5.74, 6) is 0.0606. The Bertz CT molecular complexity index is 1420. The van der Waals surface area contributed by atoms with Gasteiger partial charge in [-0.25, -0.2) is 10.4 Å². The van der Waals surface area contributed by atoms with Gasteiger partial charge in [0, 0.05) is 41.6 Å². The molecule has 9 nitrogen and oxygen atoms in total. The van der Waals surface area contributed by atoms with E-state index in [0.29, 0.717) is 37.3 Å². The first kappa shape index (κ1) is 33.2. The van der Waals surface area contributed by atoms with Gasteiger partial charge in [0.25, 0.3) is 5.91 Å². The van der Waals surface area contributed by atoms with Crippen LogP contribution in [0.3, 0.4) is 0 Å². The van der Waals surface area contributed by atoms with Crippen molar-refractivity contribution in [1.82, 2.24) is 10.9 Å². The number of nitrogens with one attached hydrogen (secondary N) is 2. The normalized spacial score (nSPS) is 17.8. The van der Waals surface area contributed by atoms with E-state index in [2.05, 4.69) is 26.8 Å². The minimum atomic E-state index is -1.49. The van der Waals surface area contributed by atoms with E-state index >= 15 is 0 Å². The summed E-state index contributed by atoms with van der Waals surface area (Å²) in [5, 5.41) is 9.04. The standard InChI is InChI=1S/C34H40BrN3O6/c1-33(2,3)44-29(40)18-20-34(32(41)38-36-21-19-24-10-5-4-6-11-24)30(27-12-7-8-13-28(27)35)43-31(37-34)25-14-16-26(17-15-25)42-23-9-22-39/h4-8,10-17,30,36,39H,9,18-23H2,1-3H3,(H,38,41)/t30-,34-/m0/s1. The summed E-state index contributed by atoms with van der Waals surface area (Å²) >= 11 is 3.63. The lowest BCUT2D eigenvalue weighted by atomic mass is 9.83. The smallest absolute Gasteiger partial charge is 0.306 e. The van der Waals surface area contributed by atoms with Crippen LogP contribution in [0.4, 0.5) is 0 Å². The maximum atomic E-state index is 14.2. The van der Waals surface area contributed by atoms with Gasteiger partial charge in [-0.3, -0.25) is 15.0 Å². The molecule has 0 aliphatic carbocycles. The SMILES string of the molecule is CC(C)(C)OC(=O)CC[C@]1(C(=O)NNCCc2ccccc2)N=C(c2ccc(OCCCO)cc2)O[C@H]1c1ccccc1Br. The number of carbonyl (C=O) groups is 2. The van der Waals surface area contributed by atoms with E-state index in [1.165, 1.54) is 0 Å². The van der Waals surface area contributed by atoms with Gasteiger partial charge in [-0.05, 0) is 69.5 Å². The van der Waals surface area contributed by atoms with E-state index < -0.39 is 29.1 Å². The topological polar surface area (TPSA) is 118 Å². The number of benzene rings is 3. The van der Waals surface area contributed by atoms with Crippen LogP contribution >= 0.6 is 15.9 Å². The van der Waals surface area contributed by atoms with Gasteiger partial charge in [0.1, 0.15) is 11.4 Å². The Labute approximate surface area is 267 Å². The Morgan fingerprint density at radius 3 is 2.41 bits per heavy atom. The minimum absolute atomic E-state index is 0.0476. The predicted molar refractivity (Wildman–Crippen MR) is 172 cm³/mol. The largest absolute Gasteiger partial charge is 0.494 e. The fourth-order valence-corrected chi connectivity index (χ4v) is 5.32. The molecule has 2 atom stereocenters. The highest BCUT2D eigenvalue weighted by molar-refractivity contribution is 9.10. The Balaban J connectivity index is 1.65. The maximum absolute atomic E-state index is 14.2. The number of nitrogens with zero attached hydrogens (tertiary/aromatic N) is 1. The van der Waals surface area contributed by atoms with Crippen LogP contribution in [0.2, 0.25) is 0 Å². The molecule has 3 aromatic rings. The summed E-state index contributed by atoms with van der Waals surface area (Å²) in [6, 6.07) is 24.7. The van der Waals surface area contributed by atoms with Crippen molar-refractivity contribution in [2.75, 3.05) is 19.8 Å². The zero-order valence-electron chi connectivity index (χ0n) is 25.3. The summed E-state index contributed by atoms with van der Waals surface area (Å²) < 4.78 is 18.5. The van der Waals surface area contributed by atoms with E-state index in [1.54, 1.807) is 32.9 Å². The fourth-order valence-electron chi connectivity index (χ4n) is 4.82. The number of esters is 1. The molecule has 0 radical (unpaired) electrons. The Hall–Kier alpha value is -3.73. The van der Waals surface area contributed by atoms with Gasteiger partial charge in [0.05, 0.1) is 6.61 Å². The first-order valence-corrected chi connectivity index (χ1v) is 15.5. The van der Waals surface area contributed by atoms with Crippen LogP contribution in [0.1, 0.15) is 62.8 Å². The molecule has 4 rings (SSSR count). The Morgan fingerprint density at radius 2 is 1.73 bits per heavy atom. The number of aliphatic hydroxyl groups is 1. The second-order valence-corrected chi connectivity index (χ2v) is 12.4. The fraction of sp³-hybridized carbons (Fsp3) is 0.382. The number of hydrogen-bond donors (Lipinski definition) is 3. The first-order chi connectivity index (χ1) is 21.1. The molecule has 1 amide bonds. The lowest BCUT2D eigenvalue weighted by Crippen LogP contribution is -2.53. The third-order valence-electron chi connectivity index (χ3n) is 6.93. The van der Waals surface area contributed by atoms with Crippen molar-refractivity contribution in [2.45, 2.75) is 63.7 Å². The summed E-state index contributed by atoms with van der Waals surface area (Å²) in [6.45, 7) is 6.35. The summed E-state index contributed by atoms with van der Waals surface area (Å²) in [6.07, 6.45) is 0.392. The molecule has 44 heavy (non-hydrogen) atoms. The van der Waals surface area contributed by atoms with Gasteiger partial charge >= 0.3 is 5.97 Å². The predicted octanol–water partition coefficient (Wildman–Crippen LogP) is 5.45. The van der Waals surface area contributed by atoms with Crippen LogP contribution in [0.25, 0.3) is 0 Å². The molecule has 3 N–H and O–H groups in total. The average molecular weight is 667 g/mol. The second kappa shape index (κ2) is 15.3. The molecule has 10 heteroatoms. The minimum Gasteiger partial charge on any atom is -0.494 e. The molecule has 3 aromatic carbocycles. The monoisotopic (exact) mass is 665 g/mol. The summed E-state index contributed by atoms with van der Waals surface area (Å²) in [7, 11) is 0. The molecule has 1 aliphatic rings. The zero-order valence-corrected chi connectivity index (χ0v) is 26.9. The van der Waals surface area contributed by atoms with Gasteiger partial charge < -0.3 is 19.3 Å². The van der Waals surface area contributed by atoms with Crippen LogP contribution in [0.15, 0.2) is 88.3 Å². The molecule has 0 saturated carbocycles. The van der Waals surface area contributed by atoms with Crippen molar-refractivity contribution in [3.05, 3.63) is 100 Å². The number of ether oxygens (including phenoxy) is 3. The molecule has 234 valence electrons. The molecule has 1 aliphatic heterocycles. The zero-order chi connectivity index (χ0) is 31.6.